The highest BCUT2D eigenvalue weighted by Crippen LogP contribution is 2.35. The molecule has 1 amide bonds. The molecule has 0 aromatic heterocycles. The van der Waals surface area contributed by atoms with Crippen molar-refractivity contribution in [1.82, 2.24) is 5.32 Å². The first-order valence-corrected chi connectivity index (χ1v) is 10.7. The van der Waals surface area contributed by atoms with Gasteiger partial charge in [-0.1, -0.05) is 51.1 Å². The number of benzene rings is 2. The highest BCUT2D eigenvalue weighted by Gasteiger charge is 2.21. The number of hydrogen-bond donors (Lipinski definition) is 1. The highest BCUT2D eigenvalue weighted by atomic mass is 32.2. The van der Waals surface area contributed by atoms with Crippen LogP contribution in [0.3, 0.4) is 0 Å². The Labute approximate surface area is 166 Å². The molecular weight excluding hydrogens is 354 g/mol. The van der Waals surface area contributed by atoms with Crippen LogP contribution in [0.15, 0.2) is 53.4 Å². The molecule has 0 radical (unpaired) electrons. The molecule has 4 heteroatoms. The second kappa shape index (κ2) is 8.83. The van der Waals surface area contributed by atoms with Gasteiger partial charge in [-0.2, -0.15) is 0 Å². The van der Waals surface area contributed by atoms with Crippen LogP contribution in [-0.2, 0) is 10.2 Å². The first kappa shape index (κ1) is 19.8. The Balaban J connectivity index is 1.42. The van der Waals surface area contributed by atoms with Gasteiger partial charge in [-0.15, -0.1) is 11.8 Å². The van der Waals surface area contributed by atoms with Crippen LogP contribution in [0.2, 0.25) is 0 Å². The summed E-state index contributed by atoms with van der Waals surface area (Å²) < 4.78 is 5.79. The summed E-state index contributed by atoms with van der Waals surface area (Å²) in [5, 5.41) is 3.19. The predicted octanol–water partition coefficient (Wildman–Crippen LogP) is 5.50. The third kappa shape index (κ3) is 5.52. The number of amides is 1. The van der Waals surface area contributed by atoms with E-state index in [-0.39, 0.29) is 17.4 Å². The molecule has 0 saturated carbocycles. The molecule has 3 rings (SSSR count). The van der Waals surface area contributed by atoms with E-state index in [0.717, 1.165) is 24.3 Å². The van der Waals surface area contributed by atoms with Gasteiger partial charge < -0.3 is 10.1 Å². The monoisotopic (exact) mass is 383 g/mol. The minimum absolute atomic E-state index is 0.105. The van der Waals surface area contributed by atoms with Crippen molar-refractivity contribution in [2.75, 3.05) is 12.4 Å². The van der Waals surface area contributed by atoms with E-state index in [1.165, 1.54) is 16.0 Å². The average Bonchev–Trinajstić information content (AvgIpc) is 2.65. The van der Waals surface area contributed by atoms with Crippen LogP contribution >= 0.6 is 11.8 Å². The molecule has 0 unspecified atom stereocenters. The van der Waals surface area contributed by atoms with Gasteiger partial charge in [0.25, 0.3) is 0 Å². The number of rotatable bonds is 6. The quantitative estimate of drug-likeness (QED) is 0.670. The SMILES string of the molecule is CC(C)(C)c1ccc(OCCCC(=O)N[C@H]2CCSc3ccccc32)cc1. The van der Waals surface area contributed by atoms with Crippen LogP contribution < -0.4 is 10.1 Å². The summed E-state index contributed by atoms with van der Waals surface area (Å²) in [5.74, 6) is 2.02. The fourth-order valence-corrected chi connectivity index (χ4v) is 4.36. The highest BCUT2D eigenvalue weighted by molar-refractivity contribution is 7.99. The number of nitrogens with one attached hydrogen (secondary N) is 1. The fraction of sp³-hybridized carbons (Fsp3) is 0.435. The normalized spacial score (nSPS) is 16.5. The lowest BCUT2D eigenvalue weighted by Gasteiger charge is -2.25. The number of carbonyl (C=O) groups excluding carboxylic acids is 1. The smallest absolute Gasteiger partial charge is 0.220 e. The Morgan fingerprint density at radius 3 is 2.63 bits per heavy atom. The molecule has 3 nitrogen and oxygen atoms in total. The minimum Gasteiger partial charge on any atom is -0.494 e. The van der Waals surface area contributed by atoms with Crippen molar-refractivity contribution < 1.29 is 9.53 Å². The van der Waals surface area contributed by atoms with Gasteiger partial charge in [0.2, 0.25) is 5.91 Å². The summed E-state index contributed by atoms with van der Waals surface area (Å²) in [4.78, 5) is 13.6. The molecule has 2 aromatic carbocycles. The van der Waals surface area contributed by atoms with E-state index in [2.05, 4.69) is 56.4 Å². The molecule has 1 N–H and O–H groups in total. The Hall–Kier alpha value is -1.94. The van der Waals surface area contributed by atoms with Gasteiger partial charge in [0.05, 0.1) is 12.6 Å². The number of hydrogen-bond acceptors (Lipinski definition) is 3. The fourth-order valence-electron chi connectivity index (χ4n) is 3.23. The lowest BCUT2D eigenvalue weighted by Crippen LogP contribution is -2.30. The Bertz CT molecular complexity index is 765. The molecule has 144 valence electrons. The Morgan fingerprint density at radius 1 is 1.15 bits per heavy atom. The average molecular weight is 384 g/mol. The van der Waals surface area contributed by atoms with Crippen molar-refractivity contribution in [2.45, 2.75) is 56.4 Å². The van der Waals surface area contributed by atoms with E-state index in [1.54, 1.807) is 0 Å². The van der Waals surface area contributed by atoms with Crippen molar-refractivity contribution in [3.8, 4) is 5.75 Å². The lowest BCUT2D eigenvalue weighted by molar-refractivity contribution is -0.122. The van der Waals surface area contributed by atoms with Crippen molar-refractivity contribution in [2.24, 2.45) is 0 Å². The van der Waals surface area contributed by atoms with Gasteiger partial charge >= 0.3 is 0 Å². The summed E-state index contributed by atoms with van der Waals surface area (Å²) in [6.07, 6.45) is 2.20. The van der Waals surface area contributed by atoms with Crippen LogP contribution in [0.1, 0.15) is 57.2 Å². The largest absolute Gasteiger partial charge is 0.494 e. The summed E-state index contributed by atoms with van der Waals surface area (Å²) in [6.45, 7) is 7.15. The molecule has 0 saturated heterocycles. The van der Waals surface area contributed by atoms with E-state index in [0.29, 0.717) is 13.0 Å². The Morgan fingerprint density at radius 2 is 1.89 bits per heavy atom. The van der Waals surface area contributed by atoms with Crippen LogP contribution in [0.4, 0.5) is 0 Å². The van der Waals surface area contributed by atoms with Crippen LogP contribution in [0.5, 0.6) is 5.75 Å². The van der Waals surface area contributed by atoms with Crippen LogP contribution in [-0.4, -0.2) is 18.3 Å². The molecule has 1 aliphatic heterocycles. The first-order chi connectivity index (χ1) is 12.9. The lowest BCUT2D eigenvalue weighted by atomic mass is 9.87. The third-order valence-electron chi connectivity index (χ3n) is 4.83. The summed E-state index contributed by atoms with van der Waals surface area (Å²) in [6, 6.07) is 16.7. The molecule has 27 heavy (non-hydrogen) atoms. The molecule has 1 atom stereocenters. The second-order valence-electron chi connectivity index (χ2n) is 8.02. The van der Waals surface area contributed by atoms with Crippen molar-refractivity contribution >= 4 is 17.7 Å². The number of carbonyl (C=O) groups is 1. The zero-order valence-corrected chi connectivity index (χ0v) is 17.3. The van der Waals surface area contributed by atoms with E-state index >= 15 is 0 Å². The van der Waals surface area contributed by atoms with E-state index in [4.69, 9.17) is 4.74 Å². The maximum Gasteiger partial charge on any atom is 0.220 e. The molecule has 1 heterocycles. The summed E-state index contributed by atoms with van der Waals surface area (Å²) in [7, 11) is 0. The van der Waals surface area contributed by atoms with Gasteiger partial charge in [0, 0.05) is 17.1 Å². The topological polar surface area (TPSA) is 38.3 Å². The Kier molecular flexibility index (Phi) is 6.48. The minimum atomic E-state index is 0.105. The van der Waals surface area contributed by atoms with Gasteiger partial charge in [-0.3, -0.25) is 4.79 Å². The van der Waals surface area contributed by atoms with Gasteiger partial charge in [0.15, 0.2) is 0 Å². The zero-order chi connectivity index (χ0) is 19.3. The number of ether oxygens (including phenoxy) is 1. The first-order valence-electron chi connectivity index (χ1n) is 9.68. The van der Waals surface area contributed by atoms with Gasteiger partial charge in [-0.25, -0.2) is 0 Å². The molecular formula is C23H29NO2S. The molecule has 0 spiro atoms. The van der Waals surface area contributed by atoms with E-state index in [1.807, 2.05) is 30.0 Å². The molecule has 2 aromatic rings. The second-order valence-corrected chi connectivity index (χ2v) is 9.16. The van der Waals surface area contributed by atoms with Gasteiger partial charge in [-0.05, 0) is 47.6 Å². The van der Waals surface area contributed by atoms with E-state index < -0.39 is 0 Å². The number of thioether (sulfide) groups is 1. The predicted molar refractivity (Wildman–Crippen MR) is 113 cm³/mol. The van der Waals surface area contributed by atoms with Gasteiger partial charge in [0.1, 0.15) is 5.75 Å². The zero-order valence-electron chi connectivity index (χ0n) is 16.5. The van der Waals surface area contributed by atoms with Crippen LogP contribution in [0, 0.1) is 0 Å². The molecule has 0 bridgehead atoms. The summed E-state index contributed by atoms with van der Waals surface area (Å²) >= 11 is 1.87. The standard InChI is InChI=1S/C23H29NO2S/c1-23(2,3)17-10-12-18(13-11-17)26-15-6-9-22(25)24-20-14-16-27-21-8-5-4-7-19(20)21/h4-5,7-8,10-13,20H,6,9,14-16H2,1-3H3,(H,24,25)/t20-/m0/s1. The maximum atomic E-state index is 12.3. The molecule has 1 aliphatic rings. The van der Waals surface area contributed by atoms with Crippen molar-refractivity contribution in [3.05, 3.63) is 59.7 Å². The van der Waals surface area contributed by atoms with Crippen LogP contribution in [0.25, 0.3) is 0 Å². The van der Waals surface area contributed by atoms with E-state index in [9.17, 15) is 4.79 Å². The number of fused-ring (bicyclic) bond motifs is 1. The van der Waals surface area contributed by atoms with Crippen molar-refractivity contribution in [3.63, 3.8) is 0 Å². The molecule has 0 aliphatic carbocycles. The van der Waals surface area contributed by atoms with Crippen molar-refractivity contribution in [1.29, 1.82) is 0 Å². The molecule has 0 fully saturated rings. The summed E-state index contributed by atoms with van der Waals surface area (Å²) in [5.41, 5.74) is 2.68. The maximum absolute atomic E-state index is 12.3. The third-order valence-corrected chi connectivity index (χ3v) is 5.95.